The van der Waals surface area contributed by atoms with E-state index in [2.05, 4.69) is 96.4 Å². The summed E-state index contributed by atoms with van der Waals surface area (Å²) in [5, 5.41) is 1.16. The fraction of sp³-hybridized carbons (Fsp3) is 0.269. The van der Waals surface area contributed by atoms with Gasteiger partial charge in [0.2, 0.25) is 0 Å². The van der Waals surface area contributed by atoms with Crippen molar-refractivity contribution in [2.24, 2.45) is 0 Å². The van der Waals surface area contributed by atoms with Crippen molar-refractivity contribution in [3.8, 4) is 0 Å². The topological polar surface area (TPSA) is 19.4 Å². The Morgan fingerprint density at radius 2 is 1.40 bits per heavy atom. The number of piperazine rings is 1. The number of anilines is 1. The summed E-state index contributed by atoms with van der Waals surface area (Å²) in [5.41, 5.74) is 6.48. The highest BCUT2D eigenvalue weighted by Crippen LogP contribution is 2.34. The highest BCUT2D eigenvalue weighted by Gasteiger charge is 2.27. The number of benzene rings is 3. The minimum Gasteiger partial charge on any atom is -0.345 e. The molecule has 3 aromatic carbocycles. The molecule has 0 amide bonds. The monoisotopic (exact) mass is 413 g/mol. The van der Waals surface area contributed by atoms with E-state index in [0.29, 0.717) is 6.04 Å². The molecule has 2 heterocycles. The first-order valence-electron chi connectivity index (χ1n) is 10.7. The van der Waals surface area contributed by atoms with E-state index in [1.54, 1.807) is 0 Å². The number of hydrogen-bond acceptors (Lipinski definition) is 4. The second-order valence-electron chi connectivity index (χ2n) is 8.17. The highest BCUT2D eigenvalue weighted by atomic mass is 32.1. The van der Waals surface area contributed by atoms with Gasteiger partial charge in [-0.3, -0.25) is 4.90 Å². The molecule has 1 fully saturated rings. The van der Waals surface area contributed by atoms with Gasteiger partial charge in [-0.05, 0) is 42.2 Å². The molecule has 1 aliphatic rings. The third kappa shape index (κ3) is 3.73. The van der Waals surface area contributed by atoms with Crippen LogP contribution in [0.2, 0.25) is 0 Å². The molecule has 0 N–H and O–H groups in total. The lowest BCUT2D eigenvalue weighted by molar-refractivity contribution is 0.212. The van der Waals surface area contributed by atoms with Crippen molar-refractivity contribution in [2.75, 3.05) is 31.1 Å². The van der Waals surface area contributed by atoms with Crippen molar-refractivity contribution in [2.45, 2.75) is 19.9 Å². The summed E-state index contributed by atoms with van der Waals surface area (Å²) in [6.45, 7) is 8.41. The van der Waals surface area contributed by atoms with E-state index in [4.69, 9.17) is 4.98 Å². The predicted octanol–water partition coefficient (Wildman–Crippen LogP) is 5.82. The molecule has 4 heteroatoms. The summed E-state index contributed by atoms with van der Waals surface area (Å²) in [4.78, 5) is 10.1. The van der Waals surface area contributed by atoms with Crippen LogP contribution in [0.1, 0.15) is 28.3 Å². The lowest BCUT2D eigenvalue weighted by atomic mass is 9.96. The molecule has 0 bridgehead atoms. The van der Waals surface area contributed by atoms with Crippen LogP contribution in [0.4, 0.5) is 5.13 Å². The number of rotatable bonds is 4. The van der Waals surface area contributed by atoms with Gasteiger partial charge in [-0.2, -0.15) is 0 Å². The molecule has 0 radical (unpaired) electrons. The Morgan fingerprint density at radius 1 is 0.800 bits per heavy atom. The fourth-order valence-electron chi connectivity index (χ4n) is 4.55. The molecule has 30 heavy (non-hydrogen) atoms. The van der Waals surface area contributed by atoms with Crippen molar-refractivity contribution in [3.63, 3.8) is 0 Å². The first-order chi connectivity index (χ1) is 14.7. The Bertz CT molecular complexity index is 1090. The summed E-state index contributed by atoms with van der Waals surface area (Å²) >= 11 is 1.83. The van der Waals surface area contributed by atoms with Gasteiger partial charge >= 0.3 is 0 Å². The molecule has 0 saturated carbocycles. The van der Waals surface area contributed by atoms with Crippen LogP contribution in [0.5, 0.6) is 0 Å². The number of hydrogen-bond donors (Lipinski definition) is 0. The Kier molecular flexibility index (Phi) is 5.28. The molecule has 4 aromatic rings. The van der Waals surface area contributed by atoms with Crippen molar-refractivity contribution in [1.82, 2.24) is 9.88 Å². The van der Waals surface area contributed by atoms with Gasteiger partial charge in [0, 0.05) is 26.2 Å². The SMILES string of the molecule is Cc1cc(C)c2nc(N3CCN(C(c4ccccc4)c4ccccc4)CC3)sc2c1. The second-order valence-corrected chi connectivity index (χ2v) is 9.18. The van der Waals surface area contributed by atoms with E-state index in [9.17, 15) is 0 Å². The van der Waals surface area contributed by atoms with E-state index in [1.165, 1.54) is 27.0 Å². The molecule has 0 unspecified atom stereocenters. The molecule has 152 valence electrons. The lowest BCUT2D eigenvalue weighted by Crippen LogP contribution is -2.47. The van der Waals surface area contributed by atoms with Crippen LogP contribution < -0.4 is 4.90 Å². The summed E-state index contributed by atoms with van der Waals surface area (Å²) in [6.07, 6.45) is 0. The van der Waals surface area contributed by atoms with E-state index in [1.807, 2.05) is 11.3 Å². The average molecular weight is 414 g/mol. The third-order valence-electron chi connectivity index (χ3n) is 6.00. The Hall–Kier alpha value is -2.69. The maximum absolute atomic E-state index is 4.99. The Balaban J connectivity index is 1.38. The van der Waals surface area contributed by atoms with Crippen LogP contribution in [0.25, 0.3) is 10.2 Å². The summed E-state index contributed by atoms with van der Waals surface area (Å²) in [6, 6.07) is 26.6. The van der Waals surface area contributed by atoms with Crippen LogP contribution in [0, 0.1) is 13.8 Å². The van der Waals surface area contributed by atoms with Gasteiger partial charge in [-0.15, -0.1) is 0 Å². The lowest BCUT2D eigenvalue weighted by Gasteiger charge is -2.39. The fourth-order valence-corrected chi connectivity index (χ4v) is 5.74. The van der Waals surface area contributed by atoms with E-state index < -0.39 is 0 Å². The normalized spacial score (nSPS) is 15.2. The average Bonchev–Trinajstić information content (AvgIpc) is 3.20. The zero-order chi connectivity index (χ0) is 20.5. The molecule has 1 aromatic heterocycles. The largest absolute Gasteiger partial charge is 0.345 e. The van der Waals surface area contributed by atoms with Crippen LogP contribution in [-0.4, -0.2) is 36.1 Å². The van der Waals surface area contributed by atoms with Crippen LogP contribution in [0.15, 0.2) is 72.8 Å². The standard InChI is InChI=1S/C26H27N3S/c1-19-17-20(2)24-23(18-19)30-26(27-24)29-15-13-28(14-16-29)25(21-9-5-3-6-10-21)22-11-7-4-8-12-22/h3-12,17-18,25H,13-16H2,1-2H3. The van der Waals surface area contributed by atoms with Crippen molar-refractivity contribution < 1.29 is 0 Å². The number of aryl methyl sites for hydroxylation is 2. The summed E-state index contributed by atoms with van der Waals surface area (Å²) in [5.74, 6) is 0. The molecule has 3 nitrogen and oxygen atoms in total. The molecule has 0 aliphatic carbocycles. The van der Waals surface area contributed by atoms with Crippen LogP contribution >= 0.6 is 11.3 Å². The quantitative estimate of drug-likeness (QED) is 0.420. The molecular weight excluding hydrogens is 386 g/mol. The number of nitrogens with zero attached hydrogens (tertiary/aromatic N) is 3. The van der Waals surface area contributed by atoms with Crippen molar-refractivity contribution in [1.29, 1.82) is 0 Å². The van der Waals surface area contributed by atoms with Gasteiger partial charge in [-0.1, -0.05) is 78.1 Å². The summed E-state index contributed by atoms with van der Waals surface area (Å²) in [7, 11) is 0. The third-order valence-corrected chi connectivity index (χ3v) is 7.06. The number of aromatic nitrogens is 1. The Labute approximate surface area is 182 Å². The second kappa shape index (κ2) is 8.21. The molecule has 5 rings (SSSR count). The first-order valence-corrected chi connectivity index (χ1v) is 11.5. The van der Waals surface area contributed by atoms with Crippen LogP contribution in [0.3, 0.4) is 0 Å². The van der Waals surface area contributed by atoms with E-state index in [0.717, 1.165) is 36.8 Å². The van der Waals surface area contributed by atoms with Gasteiger partial charge in [0.15, 0.2) is 5.13 Å². The number of thiazole rings is 1. The van der Waals surface area contributed by atoms with Crippen molar-refractivity contribution >= 4 is 26.7 Å². The van der Waals surface area contributed by atoms with Gasteiger partial charge in [0.05, 0.1) is 16.3 Å². The van der Waals surface area contributed by atoms with Gasteiger partial charge in [0.25, 0.3) is 0 Å². The summed E-state index contributed by atoms with van der Waals surface area (Å²) < 4.78 is 1.30. The predicted molar refractivity (Wildman–Crippen MR) is 128 cm³/mol. The van der Waals surface area contributed by atoms with Crippen LogP contribution in [-0.2, 0) is 0 Å². The maximum Gasteiger partial charge on any atom is 0.186 e. The maximum atomic E-state index is 4.99. The van der Waals surface area contributed by atoms with E-state index in [-0.39, 0.29) is 0 Å². The number of fused-ring (bicyclic) bond motifs is 1. The Morgan fingerprint density at radius 3 is 2.00 bits per heavy atom. The minimum absolute atomic E-state index is 0.301. The molecular formula is C26H27N3S. The molecule has 0 spiro atoms. The molecule has 1 aliphatic heterocycles. The molecule has 1 saturated heterocycles. The minimum atomic E-state index is 0.301. The first kappa shape index (κ1) is 19.3. The van der Waals surface area contributed by atoms with Gasteiger partial charge in [-0.25, -0.2) is 4.98 Å². The van der Waals surface area contributed by atoms with Crippen molar-refractivity contribution in [3.05, 3.63) is 95.1 Å². The zero-order valence-electron chi connectivity index (χ0n) is 17.6. The van der Waals surface area contributed by atoms with Gasteiger partial charge in [0.1, 0.15) is 0 Å². The zero-order valence-corrected chi connectivity index (χ0v) is 18.4. The molecule has 0 atom stereocenters. The van der Waals surface area contributed by atoms with E-state index >= 15 is 0 Å². The van der Waals surface area contributed by atoms with Gasteiger partial charge < -0.3 is 4.90 Å². The highest BCUT2D eigenvalue weighted by molar-refractivity contribution is 7.22. The smallest absolute Gasteiger partial charge is 0.186 e.